The number of carbonyl (C=O) groups is 3. The smallest absolute Gasteiger partial charge is 0.292 e. The average Bonchev–Trinajstić information content (AvgIpc) is 2.98. The number of rotatable bonds is 4. The summed E-state index contributed by atoms with van der Waals surface area (Å²) in [6.45, 7) is 3.45. The Morgan fingerprint density at radius 2 is 1.85 bits per heavy atom. The van der Waals surface area contributed by atoms with Gasteiger partial charge < -0.3 is 9.88 Å². The topological polar surface area (TPSA) is 68.2 Å². The summed E-state index contributed by atoms with van der Waals surface area (Å²) < 4.78 is 1.65. The summed E-state index contributed by atoms with van der Waals surface area (Å²) in [7, 11) is 1.72. The third-order valence-corrected chi connectivity index (χ3v) is 4.22. The van der Waals surface area contributed by atoms with Crippen molar-refractivity contribution in [3.63, 3.8) is 0 Å². The highest BCUT2D eigenvalue weighted by Crippen LogP contribution is 2.21. The van der Waals surface area contributed by atoms with Crippen molar-refractivity contribution in [2.75, 3.05) is 0 Å². The van der Waals surface area contributed by atoms with Crippen LogP contribution in [0.4, 0.5) is 0 Å². The van der Waals surface area contributed by atoms with E-state index in [2.05, 4.69) is 5.32 Å². The fraction of sp³-hybridized carbons (Fsp3) is 0.533. The van der Waals surface area contributed by atoms with E-state index in [-0.39, 0.29) is 6.04 Å². The molecule has 1 aliphatic carbocycles. The molecule has 1 saturated carbocycles. The highest BCUT2D eigenvalue weighted by atomic mass is 16.2. The maximum Gasteiger partial charge on any atom is 0.292 e. The van der Waals surface area contributed by atoms with Crippen LogP contribution in [0.1, 0.15) is 57.8 Å². The van der Waals surface area contributed by atoms with Crippen LogP contribution in [0.25, 0.3) is 0 Å². The largest absolute Gasteiger partial charge is 0.346 e. The molecule has 0 radical (unpaired) electrons. The van der Waals surface area contributed by atoms with Gasteiger partial charge in [-0.15, -0.1) is 0 Å². The number of Topliss-reactive ketones (excluding diaryl/α,β-unsaturated/α-hetero) is 1. The molecule has 108 valence electrons. The molecule has 1 N–H and O–H groups in total. The molecule has 1 heterocycles. The van der Waals surface area contributed by atoms with Crippen molar-refractivity contribution < 1.29 is 14.4 Å². The van der Waals surface area contributed by atoms with Crippen LogP contribution in [0.15, 0.2) is 0 Å². The normalized spacial score (nSPS) is 15.3. The summed E-state index contributed by atoms with van der Waals surface area (Å²) in [4.78, 5) is 35.4. The maximum absolute atomic E-state index is 12.3. The van der Waals surface area contributed by atoms with E-state index in [1.807, 2.05) is 0 Å². The van der Waals surface area contributed by atoms with Crippen LogP contribution >= 0.6 is 0 Å². The van der Waals surface area contributed by atoms with Crippen LogP contribution in [0.3, 0.4) is 0 Å². The molecule has 0 bridgehead atoms. The lowest BCUT2D eigenvalue weighted by Gasteiger charge is -2.11. The van der Waals surface area contributed by atoms with Gasteiger partial charge in [0.25, 0.3) is 11.7 Å². The average molecular weight is 276 g/mol. The van der Waals surface area contributed by atoms with Crippen LogP contribution in [-0.2, 0) is 11.8 Å². The Morgan fingerprint density at radius 1 is 1.25 bits per heavy atom. The van der Waals surface area contributed by atoms with E-state index in [0.29, 0.717) is 28.8 Å². The molecule has 1 fully saturated rings. The lowest BCUT2D eigenvalue weighted by Crippen LogP contribution is -2.38. The molecule has 0 atom stereocenters. The summed E-state index contributed by atoms with van der Waals surface area (Å²) in [5.41, 5.74) is 2.02. The Balaban J connectivity index is 2.24. The van der Waals surface area contributed by atoms with Gasteiger partial charge in [-0.3, -0.25) is 14.4 Å². The van der Waals surface area contributed by atoms with E-state index in [4.69, 9.17) is 0 Å². The van der Waals surface area contributed by atoms with Gasteiger partial charge in [0.1, 0.15) is 0 Å². The molecule has 0 spiro atoms. The first-order valence-corrected chi connectivity index (χ1v) is 6.93. The fourth-order valence-electron chi connectivity index (χ4n) is 2.94. The van der Waals surface area contributed by atoms with Crippen molar-refractivity contribution in [1.82, 2.24) is 9.88 Å². The highest BCUT2D eigenvalue weighted by molar-refractivity contribution is 6.43. The van der Waals surface area contributed by atoms with Crippen molar-refractivity contribution in [2.24, 2.45) is 7.05 Å². The van der Waals surface area contributed by atoms with E-state index >= 15 is 0 Å². The molecule has 2 rings (SSSR count). The van der Waals surface area contributed by atoms with Gasteiger partial charge in [-0.1, -0.05) is 12.8 Å². The number of aldehydes is 1. The Bertz CT molecular complexity index is 566. The fourth-order valence-corrected chi connectivity index (χ4v) is 2.94. The van der Waals surface area contributed by atoms with Crippen molar-refractivity contribution in [3.05, 3.63) is 22.5 Å². The third kappa shape index (κ3) is 2.40. The van der Waals surface area contributed by atoms with Gasteiger partial charge in [-0.05, 0) is 32.3 Å². The lowest BCUT2D eigenvalue weighted by atomic mass is 10.0. The molecule has 1 aromatic heterocycles. The summed E-state index contributed by atoms with van der Waals surface area (Å²) in [5.74, 6) is -1.11. The zero-order valence-corrected chi connectivity index (χ0v) is 12.2. The van der Waals surface area contributed by atoms with Gasteiger partial charge in [0.15, 0.2) is 6.29 Å². The third-order valence-electron chi connectivity index (χ3n) is 4.22. The molecule has 0 aromatic carbocycles. The van der Waals surface area contributed by atoms with Crippen LogP contribution in [0, 0.1) is 13.8 Å². The lowest BCUT2D eigenvalue weighted by molar-refractivity contribution is -0.117. The molecule has 5 heteroatoms. The zero-order chi connectivity index (χ0) is 14.9. The molecule has 0 aliphatic heterocycles. The summed E-state index contributed by atoms with van der Waals surface area (Å²) in [6, 6.07) is 0.112. The quantitative estimate of drug-likeness (QED) is 0.517. The van der Waals surface area contributed by atoms with E-state index in [1.54, 1.807) is 25.5 Å². The van der Waals surface area contributed by atoms with Crippen molar-refractivity contribution in [1.29, 1.82) is 0 Å². The Hall–Kier alpha value is -1.91. The molecule has 20 heavy (non-hydrogen) atoms. The molecule has 1 aliphatic rings. The van der Waals surface area contributed by atoms with Gasteiger partial charge in [0.05, 0.1) is 11.3 Å². The molecular formula is C15H20N2O3. The maximum atomic E-state index is 12.3. The molecule has 0 saturated heterocycles. The summed E-state index contributed by atoms with van der Waals surface area (Å²) >= 11 is 0. The first kappa shape index (κ1) is 14.5. The first-order valence-electron chi connectivity index (χ1n) is 6.93. The molecule has 5 nitrogen and oxygen atoms in total. The predicted octanol–water partition coefficient (Wildman–Crippen LogP) is 1.70. The van der Waals surface area contributed by atoms with Crippen LogP contribution in [-0.4, -0.2) is 28.6 Å². The standard InChI is InChI=1S/C15H20N2O3/c1-9-12(8-18)17(3)10(2)13(9)14(19)15(20)16-11-6-4-5-7-11/h8,11H,4-7H2,1-3H3,(H,16,20). The Kier molecular flexibility index (Phi) is 4.06. The van der Waals surface area contributed by atoms with Crippen molar-refractivity contribution >= 4 is 18.0 Å². The van der Waals surface area contributed by atoms with Crippen LogP contribution < -0.4 is 5.32 Å². The number of ketones is 1. The minimum Gasteiger partial charge on any atom is -0.346 e. The SMILES string of the molecule is Cc1c(C(=O)C(=O)NC2CCCC2)c(C)n(C)c1C=O. The van der Waals surface area contributed by atoms with E-state index in [1.165, 1.54) is 0 Å². The van der Waals surface area contributed by atoms with Crippen LogP contribution in [0.5, 0.6) is 0 Å². The van der Waals surface area contributed by atoms with Gasteiger partial charge in [-0.2, -0.15) is 0 Å². The second-order valence-corrected chi connectivity index (χ2v) is 5.43. The number of hydrogen-bond donors (Lipinski definition) is 1. The second-order valence-electron chi connectivity index (χ2n) is 5.43. The van der Waals surface area contributed by atoms with Gasteiger partial charge >= 0.3 is 0 Å². The number of nitrogens with zero attached hydrogens (tertiary/aromatic N) is 1. The summed E-state index contributed by atoms with van der Waals surface area (Å²) in [5, 5.41) is 2.79. The Labute approximate surface area is 118 Å². The minimum atomic E-state index is -0.564. The number of carbonyl (C=O) groups excluding carboxylic acids is 3. The van der Waals surface area contributed by atoms with Gasteiger partial charge in [0.2, 0.25) is 0 Å². The van der Waals surface area contributed by atoms with Gasteiger partial charge in [0, 0.05) is 18.8 Å². The van der Waals surface area contributed by atoms with E-state index in [0.717, 1.165) is 25.7 Å². The molecule has 1 aromatic rings. The van der Waals surface area contributed by atoms with Gasteiger partial charge in [-0.25, -0.2) is 0 Å². The first-order chi connectivity index (χ1) is 9.47. The summed E-state index contributed by atoms with van der Waals surface area (Å²) in [6.07, 6.45) is 4.78. The Morgan fingerprint density at radius 3 is 2.35 bits per heavy atom. The molecule has 0 unspecified atom stereocenters. The van der Waals surface area contributed by atoms with E-state index < -0.39 is 11.7 Å². The van der Waals surface area contributed by atoms with E-state index in [9.17, 15) is 14.4 Å². The monoisotopic (exact) mass is 276 g/mol. The van der Waals surface area contributed by atoms with Crippen LogP contribution in [0.2, 0.25) is 0 Å². The predicted molar refractivity (Wildman–Crippen MR) is 75.0 cm³/mol. The minimum absolute atomic E-state index is 0.112. The second kappa shape index (κ2) is 5.61. The number of aromatic nitrogens is 1. The molecule has 1 amide bonds. The van der Waals surface area contributed by atoms with Crippen molar-refractivity contribution in [2.45, 2.75) is 45.6 Å². The number of hydrogen-bond acceptors (Lipinski definition) is 3. The number of nitrogens with one attached hydrogen (secondary N) is 1. The zero-order valence-electron chi connectivity index (χ0n) is 12.2. The molecular weight excluding hydrogens is 256 g/mol. The van der Waals surface area contributed by atoms with Crippen molar-refractivity contribution in [3.8, 4) is 0 Å². The number of amides is 1. The highest BCUT2D eigenvalue weighted by Gasteiger charge is 2.27.